The van der Waals surface area contributed by atoms with Crippen molar-refractivity contribution in [2.24, 2.45) is 12.0 Å². The molecule has 110 valence electrons. The second kappa shape index (κ2) is 6.59. The zero-order valence-corrected chi connectivity index (χ0v) is 12.9. The van der Waals surface area contributed by atoms with Gasteiger partial charge in [0.1, 0.15) is 0 Å². The van der Waals surface area contributed by atoms with Gasteiger partial charge in [-0.25, -0.2) is 0 Å². The van der Waals surface area contributed by atoms with Gasteiger partial charge in [-0.2, -0.15) is 5.10 Å². The largest absolute Gasteiger partial charge is 0.356 e. The van der Waals surface area contributed by atoms with Gasteiger partial charge in [0, 0.05) is 32.4 Å². The molecule has 1 heterocycles. The van der Waals surface area contributed by atoms with Crippen LogP contribution in [-0.4, -0.2) is 35.4 Å². The molecule has 1 aliphatic rings. The molecule has 2 rings (SSSR count). The van der Waals surface area contributed by atoms with E-state index in [0.29, 0.717) is 6.04 Å². The van der Waals surface area contributed by atoms with E-state index in [1.54, 1.807) is 0 Å². The molecule has 0 spiro atoms. The summed E-state index contributed by atoms with van der Waals surface area (Å²) < 4.78 is 1.95. The number of nitrogens with zero attached hydrogens (tertiary/aromatic N) is 3. The molecule has 0 fully saturated rings. The van der Waals surface area contributed by atoms with Gasteiger partial charge in [-0.3, -0.25) is 9.67 Å². The summed E-state index contributed by atoms with van der Waals surface area (Å²) in [5, 5.41) is 11.3. The highest BCUT2D eigenvalue weighted by atomic mass is 15.3. The van der Waals surface area contributed by atoms with Crippen molar-refractivity contribution >= 4 is 5.96 Å². The maximum absolute atomic E-state index is 4.45. The first-order valence-electron chi connectivity index (χ1n) is 7.23. The molecule has 0 bridgehead atoms. The lowest BCUT2D eigenvalue weighted by Gasteiger charge is -2.16. The van der Waals surface area contributed by atoms with Crippen LogP contribution in [0.4, 0.5) is 0 Å². The van der Waals surface area contributed by atoms with Crippen molar-refractivity contribution in [1.82, 2.24) is 20.4 Å². The first-order chi connectivity index (χ1) is 9.61. The number of aliphatic imine (C=N–C) groups is 1. The van der Waals surface area contributed by atoms with Gasteiger partial charge < -0.3 is 10.6 Å². The highest BCUT2D eigenvalue weighted by molar-refractivity contribution is 5.80. The molecule has 0 aromatic carbocycles. The summed E-state index contributed by atoms with van der Waals surface area (Å²) in [5.74, 6) is 0.887. The van der Waals surface area contributed by atoms with Crippen molar-refractivity contribution in [2.45, 2.75) is 39.2 Å². The standard InChI is InChI=1S/C15H25N5/c1-11-14(12(2)20(4)19-11)9-10-17-15(16-3)18-13-7-5-6-8-13/h5-6,13H,7-10H2,1-4H3,(H2,16,17,18). The summed E-state index contributed by atoms with van der Waals surface area (Å²) in [5.41, 5.74) is 3.69. The fourth-order valence-electron chi connectivity index (χ4n) is 2.61. The van der Waals surface area contributed by atoms with Gasteiger partial charge in [0.05, 0.1) is 5.69 Å². The Labute approximate surface area is 121 Å². The molecule has 0 saturated heterocycles. The predicted octanol–water partition coefficient (Wildman–Crippen LogP) is 1.46. The second-order valence-electron chi connectivity index (χ2n) is 5.31. The molecule has 20 heavy (non-hydrogen) atoms. The number of aromatic nitrogens is 2. The minimum absolute atomic E-state index is 0.489. The molecule has 0 aliphatic heterocycles. The summed E-state index contributed by atoms with van der Waals surface area (Å²) in [6.45, 7) is 5.05. The molecule has 5 nitrogen and oxygen atoms in total. The molecule has 0 amide bonds. The van der Waals surface area contributed by atoms with Crippen LogP contribution in [0, 0.1) is 13.8 Å². The third-order valence-corrected chi connectivity index (χ3v) is 3.90. The molecule has 0 radical (unpaired) electrons. The van der Waals surface area contributed by atoms with Crippen molar-refractivity contribution in [3.05, 3.63) is 29.1 Å². The summed E-state index contributed by atoms with van der Waals surface area (Å²) in [4.78, 5) is 4.28. The Balaban J connectivity index is 1.81. The summed E-state index contributed by atoms with van der Waals surface area (Å²) in [6.07, 6.45) is 7.57. The average molecular weight is 275 g/mol. The normalized spacial score (nSPS) is 15.9. The van der Waals surface area contributed by atoms with Crippen LogP contribution in [0.5, 0.6) is 0 Å². The maximum Gasteiger partial charge on any atom is 0.191 e. The molecule has 5 heteroatoms. The van der Waals surface area contributed by atoms with E-state index < -0.39 is 0 Å². The zero-order chi connectivity index (χ0) is 14.5. The lowest BCUT2D eigenvalue weighted by atomic mass is 10.1. The molecule has 1 aliphatic carbocycles. The fourth-order valence-corrected chi connectivity index (χ4v) is 2.61. The maximum atomic E-state index is 4.45. The number of aryl methyl sites for hydroxylation is 2. The molecule has 0 unspecified atom stereocenters. The molecule has 2 N–H and O–H groups in total. The Hall–Kier alpha value is -1.78. The highest BCUT2D eigenvalue weighted by Gasteiger charge is 2.12. The monoisotopic (exact) mass is 275 g/mol. The highest BCUT2D eigenvalue weighted by Crippen LogP contribution is 2.12. The fraction of sp³-hybridized carbons (Fsp3) is 0.600. The van der Waals surface area contributed by atoms with Gasteiger partial charge in [0.25, 0.3) is 0 Å². The van der Waals surface area contributed by atoms with Crippen LogP contribution in [-0.2, 0) is 13.5 Å². The number of rotatable bonds is 4. The predicted molar refractivity (Wildman–Crippen MR) is 83.0 cm³/mol. The molecule has 0 saturated carbocycles. The van der Waals surface area contributed by atoms with Gasteiger partial charge in [0.2, 0.25) is 0 Å². The zero-order valence-electron chi connectivity index (χ0n) is 12.9. The van der Waals surface area contributed by atoms with Crippen LogP contribution >= 0.6 is 0 Å². The third-order valence-electron chi connectivity index (χ3n) is 3.90. The number of hydrogen-bond donors (Lipinski definition) is 2. The Morgan fingerprint density at radius 3 is 2.65 bits per heavy atom. The van der Waals surface area contributed by atoms with Crippen LogP contribution in [0.3, 0.4) is 0 Å². The first-order valence-corrected chi connectivity index (χ1v) is 7.23. The molecular formula is C15H25N5. The van der Waals surface area contributed by atoms with E-state index in [1.807, 2.05) is 18.8 Å². The molecule has 1 aromatic rings. The smallest absolute Gasteiger partial charge is 0.191 e. The topological polar surface area (TPSA) is 54.2 Å². The van der Waals surface area contributed by atoms with Crippen molar-refractivity contribution in [3.8, 4) is 0 Å². The van der Waals surface area contributed by atoms with E-state index in [-0.39, 0.29) is 0 Å². The molecule has 0 atom stereocenters. The number of hydrogen-bond acceptors (Lipinski definition) is 2. The van der Waals surface area contributed by atoms with Crippen LogP contribution < -0.4 is 10.6 Å². The van der Waals surface area contributed by atoms with E-state index in [9.17, 15) is 0 Å². The first kappa shape index (κ1) is 14.6. The average Bonchev–Trinajstić information content (AvgIpc) is 3.01. The van der Waals surface area contributed by atoms with Gasteiger partial charge in [-0.15, -0.1) is 0 Å². The Kier molecular flexibility index (Phi) is 4.82. The van der Waals surface area contributed by atoms with Gasteiger partial charge in [-0.1, -0.05) is 12.2 Å². The van der Waals surface area contributed by atoms with Gasteiger partial charge >= 0.3 is 0 Å². The minimum Gasteiger partial charge on any atom is -0.356 e. The Morgan fingerprint density at radius 2 is 2.10 bits per heavy atom. The number of guanidine groups is 1. The molecular weight excluding hydrogens is 250 g/mol. The second-order valence-corrected chi connectivity index (χ2v) is 5.31. The van der Waals surface area contributed by atoms with Crippen molar-refractivity contribution in [1.29, 1.82) is 0 Å². The van der Waals surface area contributed by atoms with Crippen molar-refractivity contribution in [3.63, 3.8) is 0 Å². The van der Waals surface area contributed by atoms with Crippen LogP contribution in [0.2, 0.25) is 0 Å². The summed E-state index contributed by atoms with van der Waals surface area (Å²) in [7, 11) is 3.81. The van der Waals surface area contributed by atoms with Crippen LogP contribution in [0.1, 0.15) is 29.8 Å². The third kappa shape index (κ3) is 3.40. The lowest BCUT2D eigenvalue weighted by Crippen LogP contribution is -2.43. The van der Waals surface area contributed by atoms with Gasteiger partial charge in [-0.05, 0) is 38.7 Å². The van der Waals surface area contributed by atoms with Crippen molar-refractivity contribution in [2.75, 3.05) is 13.6 Å². The summed E-state index contributed by atoms with van der Waals surface area (Å²) >= 11 is 0. The van der Waals surface area contributed by atoms with E-state index in [1.165, 1.54) is 11.3 Å². The quantitative estimate of drug-likeness (QED) is 0.497. The number of nitrogens with one attached hydrogen (secondary N) is 2. The van der Waals surface area contributed by atoms with Crippen molar-refractivity contribution < 1.29 is 0 Å². The van der Waals surface area contributed by atoms with E-state index >= 15 is 0 Å². The van der Waals surface area contributed by atoms with E-state index in [0.717, 1.165) is 37.5 Å². The SMILES string of the molecule is CN=C(NCCc1c(C)nn(C)c1C)NC1CC=CC1. The van der Waals surface area contributed by atoms with Gasteiger partial charge in [0.15, 0.2) is 5.96 Å². The van der Waals surface area contributed by atoms with E-state index in [2.05, 4.69) is 46.7 Å². The minimum atomic E-state index is 0.489. The lowest BCUT2D eigenvalue weighted by molar-refractivity contribution is 0.632. The Bertz CT molecular complexity index is 505. The van der Waals surface area contributed by atoms with E-state index in [4.69, 9.17) is 0 Å². The van der Waals surface area contributed by atoms with Crippen LogP contribution in [0.25, 0.3) is 0 Å². The Morgan fingerprint density at radius 1 is 1.40 bits per heavy atom. The summed E-state index contributed by atoms with van der Waals surface area (Å²) in [6, 6.07) is 0.489. The van der Waals surface area contributed by atoms with Crippen LogP contribution in [0.15, 0.2) is 17.1 Å². The molecule has 1 aromatic heterocycles.